The Kier molecular flexibility index (Phi) is 3.36. The van der Waals surface area contributed by atoms with Crippen molar-refractivity contribution in [3.8, 4) is 0 Å². The van der Waals surface area contributed by atoms with E-state index < -0.39 is 0 Å². The highest BCUT2D eigenvalue weighted by molar-refractivity contribution is 9.10. The van der Waals surface area contributed by atoms with Gasteiger partial charge in [0, 0.05) is 15.1 Å². The maximum Gasteiger partial charge on any atom is 0.276 e. The highest BCUT2D eigenvalue weighted by Gasteiger charge is 2.12. The molecule has 4 rings (SSSR count). The van der Waals surface area contributed by atoms with Crippen LogP contribution < -0.4 is 10.1 Å². The number of nitrogens with zero attached hydrogens (tertiary/aromatic N) is 3. The fourth-order valence-electron chi connectivity index (χ4n) is 2.26. The largest absolute Gasteiger partial charge is 0.276 e. The van der Waals surface area contributed by atoms with Crippen LogP contribution in [0.4, 0.5) is 0 Å². The van der Waals surface area contributed by atoms with Gasteiger partial charge in [0.25, 0.3) is 5.56 Å². The number of thiazole rings is 1. The quantitative estimate of drug-likeness (QED) is 0.459. The van der Waals surface area contributed by atoms with Gasteiger partial charge in [-0.1, -0.05) is 39.4 Å². The van der Waals surface area contributed by atoms with Crippen LogP contribution in [0.3, 0.4) is 0 Å². The number of halogens is 2. The summed E-state index contributed by atoms with van der Waals surface area (Å²) in [7, 11) is 0. The van der Waals surface area contributed by atoms with Crippen molar-refractivity contribution in [2.24, 2.45) is 0 Å². The van der Waals surface area contributed by atoms with Gasteiger partial charge in [0.2, 0.25) is 0 Å². The summed E-state index contributed by atoms with van der Waals surface area (Å²) in [6.07, 6.45) is 3.54. The standard InChI is InChI=1S/C15H7Br2N3OS/c16-9-3-1-2-8(4-9)5-12-14(21)20-13-11(19-15(20)22-12)6-10(17)7-18-13/h1-7H/b12-5-. The van der Waals surface area contributed by atoms with Crippen molar-refractivity contribution in [3.05, 3.63) is 65.9 Å². The highest BCUT2D eigenvalue weighted by Crippen LogP contribution is 2.18. The monoisotopic (exact) mass is 435 g/mol. The van der Waals surface area contributed by atoms with Crippen molar-refractivity contribution in [1.29, 1.82) is 0 Å². The van der Waals surface area contributed by atoms with Crippen LogP contribution in [0.25, 0.3) is 22.2 Å². The average Bonchev–Trinajstić information content (AvgIpc) is 2.96. The maximum atomic E-state index is 12.6. The Morgan fingerprint density at radius 1 is 1.18 bits per heavy atom. The fourth-order valence-corrected chi connectivity index (χ4v) is 3.97. The third-order valence-electron chi connectivity index (χ3n) is 3.19. The lowest BCUT2D eigenvalue weighted by Crippen LogP contribution is -2.22. The minimum atomic E-state index is -0.0858. The van der Waals surface area contributed by atoms with E-state index in [0.29, 0.717) is 20.7 Å². The van der Waals surface area contributed by atoms with Crippen LogP contribution in [-0.2, 0) is 0 Å². The smallest absolute Gasteiger partial charge is 0.267 e. The lowest BCUT2D eigenvalue weighted by Gasteiger charge is -1.92. The Labute approximate surface area is 145 Å². The zero-order chi connectivity index (χ0) is 15.3. The van der Waals surface area contributed by atoms with E-state index in [-0.39, 0.29) is 5.56 Å². The van der Waals surface area contributed by atoms with Crippen LogP contribution in [0.2, 0.25) is 0 Å². The third-order valence-corrected chi connectivity index (χ3v) is 5.09. The Morgan fingerprint density at radius 3 is 2.86 bits per heavy atom. The minimum absolute atomic E-state index is 0.0858. The first-order valence-corrected chi connectivity index (χ1v) is 8.76. The number of fused-ring (bicyclic) bond motifs is 3. The molecule has 0 aliphatic heterocycles. The Hall–Kier alpha value is -1.57. The van der Waals surface area contributed by atoms with Crippen LogP contribution >= 0.6 is 43.2 Å². The van der Waals surface area contributed by atoms with Gasteiger partial charge >= 0.3 is 0 Å². The van der Waals surface area contributed by atoms with Crippen molar-refractivity contribution < 1.29 is 0 Å². The first-order chi connectivity index (χ1) is 10.6. The van der Waals surface area contributed by atoms with Gasteiger partial charge in [-0.3, -0.25) is 4.79 Å². The molecule has 1 aromatic carbocycles. The lowest BCUT2D eigenvalue weighted by atomic mass is 10.2. The normalized spacial score (nSPS) is 12.5. The molecule has 0 aliphatic rings. The van der Waals surface area contributed by atoms with E-state index in [1.807, 2.05) is 36.4 Å². The fraction of sp³-hybridized carbons (Fsp3) is 0. The molecule has 0 saturated heterocycles. The van der Waals surface area contributed by atoms with Crippen LogP contribution in [0, 0.1) is 0 Å². The van der Waals surface area contributed by atoms with Gasteiger partial charge in [-0.15, -0.1) is 0 Å². The number of pyridine rings is 1. The third kappa shape index (κ3) is 2.29. The summed E-state index contributed by atoms with van der Waals surface area (Å²) in [5.41, 5.74) is 2.19. The summed E-state index contributed by atoms with van der Waals surface area (Å²) in [6, 6.07) is 9.67. The summed E-state index contributed by atoms with van der Waals surface area (Å²) in [5.74, 6) is 0. The van der Waals surface area contributed by atoms with Gasteiger partial charge in [0.15, 0.2) is 10.6 Å². The zero-order valence-corrected chi connectivity index (χ0v) is 14.9. The first-order valence-electron chi connectivity index (χ1n) is 6.35. The molecule has 22 heavy (non-hydrogen) atoms. The van der Waals surface area contributed by atoms with Crippen molar-refractivity contribution in [1.82, 2.24) is 14.4 Å². The average molecular weight is 437 g/mol. The van der Waals surface area contributed by atoms with Gasteiger partial charge < -0.3 is 0 Å². The van der Waals surface area contributed by atoms with E-state index in [4.69, 9.17) is 0 Å². The molecule has 0 radical (unpaired) electrons. The molecule has 3 aromatic heterocycles. The Morgan fingerprint density at radius 2 is 2.05 bits per heavy atom. The summed E-state index contributed by atoms with van der Waals surface area (Å²) in [4.78, 5) is 22.1. The summed E-state index contributed by atoms with van der Waals surface area (Å²) < 4.78 is 4.04. The highest BCUT2D eigenvalue weighted by atomic mass is 79.9. The number of hydrogen-bond donors (Lipinski definition) is 0. The molecule has 0 saturated carbocycles. The molecule has 0 atom stereocenters. The molecule has 0 amide bonds. The van der Waals surface area contributed by atoms with Crippen molar-refractivity contribution >= 4 is 65.4 Å². The van der Waals surface area contributed by atoms with Gasteiger partial charge in [-0.2, -0.15) is 0 Å². The molecular formula is C15H7Br2N3OS. The zero-order valence-electron chi connectivity index (χ0n) is 11.0. The number of imidazole rings is 1. The van der Waals surface area contributed by atoms with E-state index in [0.717, 1.165) is 14.5 Å². The minimum Gasteiger partial charge on any atom is -0.267 e. The number of aromatic nitrogens is 3. The van der Waals surface area contributed by atoms with Gasteiger partial charge in [-0.25, -0.2) is 14.4 Å². The molecule has 0 N–H and O–H groups in total. The van der Waals surface area contributed by atoms with Crippen molar-refractivity contribution in [2.45, 2.75) is 0 Å². The van der Waals surface area contributed by atoms with E-state index in [9.17, 15) is 4.79 Å². The second kappa shape index (κ2) is 5.26. The molecule has 0 unspecified atom stereocenters. The molecule has 0 spiro atoms. The molecule has 0 fully saturated rings. The molecule has 0 aliphatic carbocycles. The van der Waals surface area contributed by atoms with E-state index in [2.05, 4.69) is 41.8 Å². The summed E-state index contributed by atoms with van der Waals surface area (Å²) >= 11 is 8.17. The van der Waals surface area contributed by atoms with Crippen LogP contribution in [0.5, 0.6) is 0 Å². The van der Waals surface area contributed by atoms with Crippen LogP contribution in [0.15, 0.2) is 50.3 Å². The molecule has 0 bridgehead atoms. The SMILES string of the molecule is O=c1/c(=C/c2cccc(Br)c2)sc2nc3cc(Br)cnc3n12. The predicted molar refractivity (Wildman–Crippen MR) is 95.3 cm³/mol. The van der Waals surface area contributed by atoms with E-state index >= 15 is 0 Å². The number of benzene rings is 1. The lowest BCUT2D eigenvalue weighted by molar-refractivity contribution is 1.15. The Balaban J connectivity index is 2.01. The van der Waals surface area contributed by atoms with Crippen molar-refractivity contribution in [3.63, 3.8) is 0 Å². The van der Waals surface area contributed by atoms with Crippen LogP contribution in [-0.4, -0.2) is 14.4 Å². The van der Waals surface area contributed by atoms with Gasteiger partial charge in [0.1, 0.15) is 5.52 Å². The van der Waals surface area contributed by atoms with Gasteiger partial charge in [-0.05, 0) is 45.8 Å². The number of hydrogen-bond acceptors (Lipinski definition) is 4. The topological polar surface area (TPSA) is 47.3 Å². The second-order valence-electron chi connectivity index (χ2n) is 4.70. The molecule has 7 heteroatoms. The van der Waals surface area contributed by atoms with Gasteiger partial charge in [0.05, 0.1) is 4.53 Å². The molecule has 3 heterocycles. The van der Waals surface area contributed by atoms with E-state index in [1.54, 1.807) is 10.6 Å². The summed E-state index contributed by atoms with van der Waals surface area (Å²) in [5, 5.41) is 0. The van der Waals surface area contributed by atoms with E-state index in [1.165, 1.54) is 11.3 Å². The maximum absolute atomic E-state index is 12.6. The van der Waals surface area contributed by atoms with Crippen LogP contribution in [0.1, 0.15) is 5.56 Å². The number of rotatable bonds is 1. The molecule has 4 nitrogen and oxygen atoms in total. The predicted octanol–water partition coefficient (Wildman–Crippen LogP) is 3.38. The summed E-state index contributed by atoms with van der Waals surface area (Å²) in [6.45, 7) is 0. The molecular weight excluding hydrogens is 430 g/mol. The molecule has 4 aromatic rings. The Bertz CT molecular complexity index is 1130. The van der Waals surface area contributed by atoms with Crippen molar-refractivity contribution in [2.75, 3.05) is 0 Å². The first kappa shape index (κ1) is 14.0. The second-order valence-corrected chi connectivity index (χ2v) is 7.54. The molecule has 108 valence electrons.